The van der Waals surface area contributed by atoms with Crippen LogP contribution >= 0.6 is 11.3 Å². The third-order valence-electron chi connectivity index (χ3n) is 4.22. The first-order chi connectivity index (χ1) is 9.51. The number of hydrogen-bond acceptors (Lipinski definition) is 4. The Bertz CT molecular complexity index is 414. The van der Waals surface area contributed by atoms with Crippen LogP contribution in [0.4, 0.5) is 0 Å². The van der Waals surface area contributed by atoms with Crippen LogP contribution in [0.1, 0.15) is 36.9 Å². The molecular formula is C16H29N3S. The fourth-order valence-corrected chi connectivity index (χ4v) is 3.72. The molecule has 1 saturated heterocycles. The smallest absolute Gasteiger partial charge is 0.0329 e. The second-order valence-electron chi connectivity index (χ2n) is 6.49. The zero-order valence-corrected chi connectivity index (χ0v) is 14.2. The summed E-state index contributed by atoms with van der Waals surface area (Å²) < 4.78 is 0. The molecule has 1 aliphatic rings. The lowest BCUT2D eigenvalue weighted by Gasteiger charge is -2.45. The highest BCUT2D eigenvalue weighted by atomic mass is 32.1. The Balaban J connectivity index is 1.84. The predicted molar refractivity (Wildman–Crippen MR) is 88.3 cm³/mol. The van der Waals surface area contributed by atoms with Crippen molar-refractivity contribution in [2.75, 3.05) is 33.2 Å². The summed E-state index contributed by atoms with van der Waals surface area (Å²) in [5.74, 6) is 0. The van der Waals surface area contributed by atoms with Gasteiger partial charge < -0.3 is 5.32 Å². The Kier molecular flexibility index (Phi) is 5.61. The molecule has 0 aromatic carbocycles. The van der Waals surface area contributed by atoms with E-state index in [1.165, 1.54) is 29.3 Å². The van der Waals surface area contributed by atoms with E-state index in [4.69, 9.17) is 0 Å². The predicted octanol–water partition coefficient (Wildman–Crippen LogP) is 2.77. The van der Waals surface area contributed by atoms with E-state index in [-0.39, 0.29) is 0 Å². The molecule has 114 valence electrons. The van der Waals surface area contributed by atoms with Crippen molar-refractivity contribution >= 4 is 11.3 Å². The Morgan fingerprint density at radius 1 is 1.25 bits per heavy atom. The van der Waals surface area contributed by atoms with Crippen LogP contribution < -0.4 is 5.32 Å². The van der Waals surface area contributed by atoms with Crippen molar-refractivity contribution in [2.24, 2.45) is 0 Å². The van der Waals surface area contributed by atoms with E-state index in [2.05, 4.69) is 55.1 Å². The third kappa shape index (κ3) is 4.29. The average Bonchev–Trinajstić information content (AvgIpc) is 2.82. The lowest BCUT2D eigenvalue weighted by Crippen LogP contribution is -2.57. The summed E-state index contributed by atoms with van der Waals surface area (Å²) in [4.78, 5) is 8.02. The molecule has 2 heterocycles. The van der Waals surface area contributed by atoms with Crippen LogP contribution in [0.3, 0.4) is 0 Å². The first-order valence-corrected chi connectivity index (χ1v) is 8.55. The van der Waals surface area contributed by atoms with Gasteiger partial charge in [0.05, 0.1) is 0 Å². The lowest BCUT2D eigenvalue weighted by molar-refractivity contribution is 0.0365. The van der Waals surface area contributed by atoms with E-state index in [1.54, 1.807) is 0 Å². The summed E-state index contributed by atoms with van der Waals surface area (Å²) in [6.45, 7) is 13.6. The number of rotatable bonds is 6. The maximum absolute atomic E-state index is 3.48. The normalized spacial score (nSPS) is 20.4. The summed E-state index contributed by atoms with van der Waals surface area (Å²) in [5.41, 5.74) is 0.293. The molecule has 1 aromatic rings. The van der Waals surface area contributed by atoms with Crippen molar-refractivity contribution in [1.82, 2.24) is 15.1 Å². The van der Waals surface area contributed by atoms with Crippen LogP contribution in [0.2, 0.25) is 0 Å². The van der Waals surface area contributed by atoms with Gasteiger partial charge in [-0.1, -0.05) is 6.92 Å². The third-order valence-corrected chi connectivity index (χ3v) is 5.29. The van der Waals surface area contributed by atoms with E-state index in [1.807, 2.05) is 11.3 Å². The minimum Gasteiger partial charge on any atom is -0.312 e. The second-order valence-corrected chi connectivity index (χ2v) is 7.74. The molecule has 1 aliphatic heterocycles. The van der Waals surface area contributed by atoms with E-state index in [0.29, 0.717) is 5.54 Å². The van der Waals surface area contributed by atoms with Crippen LogP contribution in [0, 0.1) is 0 Å². The van der Waals surface area contributed by atoms with Gasteiger partial charge in [-0.2, -0.15) is 0 Å². The Labute approximate surface area is 128 Å². The van der Waals surface area contributed by atoms with Crippen molar-refractivity contribution in [1.29, 1.82) is 0 Å². The van der Waals surface area contributed by atoms with Crippen molar-refractivity contribution in [2.45, 2.75) is 45.8 Å². The molecule has 0 saturated carbocycles. The Morgan fingerprint density at radius 2 is 2.00 bits per heavy atom. The van der Waals surface area contributed by atoms with Crippen molar-refractivity contribution < 1.29 is 0 Å². The minimum absolute atomic E-state index is 0.293. The molecule has 20 heavy (non-hydrogen) atoms. The maximum atomic E-state index is 3.48. The molecule has 1 aromatic heterocycles. The van der Waals surface area contributed by atoms with Crippen LogP contribution in [0.5, 0.6) is 0 Å². The number of likely N-dealkylation sites (N-methyl/N-ethyl adjacent to an activating group) is 1. The van der Waals surface area contributed by atoms with Gasteiger partial charge in [-0.3, -0.25) is 9.80 Å². The zero-order chi connectivity index (χ0) is 14.6. The maximum Gasteiger partial charge on any atom is 0.0329 e. The highest BCUT2D eigenvalue weighted by molar-refractivity contribution is 7.11. The van der Waals surface area contributed by atoms with Gasteiger partial charge >= 0.3 is 0 Å². The molecule has 4 heteroatoms. The van der Waals surface area contributed by atoms with Gasteiger partial charge in [0.2, 0.25) is 0 Å². The highest BCUT2D eigenvalue weighted by Crippen LogP contribution is 2.23. The Hall–Kier alpha value is -0.420. The van der Waals surface area contributed by atoms with Crippen LogP contribution in [0.15, 0.2) is 12.1 Å². The monoisotopic (exact) mass is 295 g/mol. The summed E-state index contributed by atoms with van der Waals surface area (Å²) in [6, 6.07) is 4.59. The van der Waals surface area contributed by atoms with Crippen molar-refractivity contribution in [3.8, 4) is 0 Å². The Morgan fingerprint density at radius 3 is 2.70 bits per heavy atom. The highest BCUT2D eigenvalue weighted by Gasteiger charge is 2.30. The topological polar surface area (TPSA) is 18.5 Å². The van der Waals surface area contributed by atoms with Crippen molar-refractivity contribution in [3.63, 3.8) is 0 Å². The van der Waals surface area contributed by atoms with Gasteiger partial charge in [-0.25, -0.2) is 0 Å². The number of piperazine rings is 1. The van der Waals surface area contributed by atoms with Gasteiger partial charge in [-0.15, -0.1) is 11.3 Å². The molecular weight excluding hydrogens is 266 g/mol. The zero-order valence-electron chi connectivity index (χ0n) is 13.4. The number of nitrogens with zero attached hydrogens (tertiary/aromatic N) is 2. The number of nitrogens with one attached hydrogen (secondary N) is 1. The standard InChI is InChI=1S/C16H29N3S/c1-5-8-17-11-14-6-7-15(20-14)12-19-10-9-18(4)16(2,3)13-19/h6-7,17H,5,8-13H2,1-4H3. The molecule has 2 rings (SSSR count). The van der Waals surface area contributed by atoms with E-state index in [0.717, 1.165) is 26.2 Å². The van der Waals surface area contributed by atoms with Crippen LogP contribution in [-0.2, 0) is 13.1 Å². The number of thiophene rings is 1. The second kappa shape index (κ2) is 7.03. The van der Waals surface area contributed by atoms with Crippen LogP contribution in [0.25, 0.3) is 0 Å². The average molecular weight is 295 g/mol. The molecule has 0 amide bonds. The first kappa shape index (κ1) is 16.0. The van der Waals surface area contributed by atoms with Crippen LogP contribution in [-0.4, -0.2) is 48.6 Å². The molecule has 1 fully saturated rings. The molecule has 0 spiro atoms. The fourth-order valence-electron chi connectivity index (χ4n) is 2.69. The van der Waals surface area contributed by atoms with Gasteiger partial charge in [0.15, 0.2) is 0 Å². The molecule has 1 N–H and O–H groups in total. The van der Waals surface area contributed by atoms with E-state index in [9.17, 15) is 0 Å². The molecule has 0 atom stereocenters. The molecule has 0 radical (unpaired) electrons. The van der Waals surface area contributed by atoms with Gasteiger partial charge in [-0.05, 0) is 46.0 Å². The minimum atomic E-state index is 0.293. The fraction of sp³-hybridized carbons (Fsp3) is 0.750. The lowest BCUT2D eigenvalue weighted by atomic mass is 10.00. The van der Waals surface area contributed by atoms with Gasteiger partial charge in [0.1, 0.15) is 0 Å². The van der Waals surface area contributed by atoms with E-state index < -0.39 is 0 Å². The number of hydrogen-bond donors (Lipinski definition) is 1. The largest absolute Gasteiger partial charge is 0.312 e. The summed E-state index contributed by atoms with van der Waals surface area (Å²) in [7, 11) is 2.24. The molecule has 3 nitrogen and oxygen atoms in total. The molecule has 0 unspecified atom stereocenters. The van der Waals surface area contributed by atoms with Gasteiger partial charge in [0, 0.05) is 48.0 Å². The SMILES string of the molecule is CCCNCc1ccc(CN2CCN(C)C(C)(C)C2)s1. The first-order valence-electron chi connectivity index (χ1n) is 7.73. The van der Waals surface area contributed by atoms with E-state index >= 15 is 0 Å². The summed E-state index contributed by atoms with van der Waals surface area (Å²) in [6.07, 6.45) is 1.20. The quantitative estimate of drug-likeness (QED) is 0.814. The summed E-state index contributed by atoms with van der Waals surface area (Å²) >= 11 is 1.96. The molecule has 0 aliphatic carbocycles. The summed E-state index contributed by atoms with van der Waals surface area (Å²) in [5, 5.41) is 3.48. The van der Waals surface area contributed by atoms with Crippen molar-refractivity contribution in [3.05, 3.63) is 21.9 Å². The molecule has 0 bridgehead atoms. The van der Waals surface area contributed by atoms with Gasteiger partial charge in [0.25, 0.3) is 0 Å².